The van der Waals surface area contributed by atoms with Crippen LogP contribution in [0.4, 0.5) is 4.39 Å². The van der Waals surface area contributed by atoms with E-state index in [-0.39, 0.29) is 6.67 Å². The number of alkyl halides is 1. The van der Waals surface area contributed by atoms with E-state index in [0.717, 1.165) is 31.8 Å². The molecule has 1 heterocycles. The Labute approximate surface area is 99.8 Å². The molecule has 0 unspecified atom stereocenters. The third-order valence-electron chi connectivity index (χ3n) is 3.77. The summed E-state index contributed by atoms with van der Waals surface area (Å²) in [6, 6.07) is 0.758. The Balaban J connectivity index is 2.10. The van der Waals surface area contributed by atoms with E-state index in [2.05, 4.69) is 23.8 Å². The van der Waals surface area contributed by atoms with Crippen molar-refractivity contribution in [2.45, 2.75) is 45.1 Å². The van der Waals surface area contributed by atoms with Gasteiger partial charge in [0.25, 0.3) is 0 Å². The number of piperidine rings is 1. The first kappa shape index (κ1) is 13.9. The Kier molecular flexibility index (Phi) is 6.97. The Hall–Kier alpha value is -0.150. The Morgan fingerprint density at radius 3 is 2.44 bits per heavy atom. The van der Waals surface area contributed by atoms with Gasteiger partial charge in [-0.3, -0.25) is 4.39 Å². The average molecular weight is 230 g/mol. The predicted octanol–water partition coefficient (Wildman–Crippen LogP) is 2.54. The van der Waals surface area contributed by atoms with Crippen molar-refractivity contribution < 1.29 is 4.39 Å². The van der Waals surface area contributed by atoms with Crippen molar-refractivity contribution in [3.8, 4) is 0 Å². The van der Waals surface area contributed by atoms with Gasteiger partial charge in [0.15, 0.2) is 0 Å². The summed E-state index contributed by atoms with van der Waals surface area (Å²) >= 11 is 0. The van der Waals surface area contributed by atoms with E-state index in [1.165, 1.54) is 32.5 Å². The van der Waals surface area contributed by atoms with Gasteiger partial charge in [0.2, 0.25) is 0 Å². The van der Waals surface area contributed by atoms with Crippen LogP contribution in [0.2, 0.25) is 0 Å². The average Bonchev–Trinajstić information content (AvgIpc) is 2.34. The normalized spacial score (nSPS) is 19.5. The van der Waals surface area contributed by atoms with Crippen molar-refractivity contribution in [1.29, 1.82) is 0 Å². The summed E-state index contributed by atoms with van der Waals surface area (Å²) in [7, 11) is 2.22. The number of nitrogens with zero attached hydrogens (tertiary/aromatic N) is 2. The van der Waals surface area contributed by atoms with Crippen LogP contribution in [0.5, 0.6) is 0 Å². The monoisotopic (exact) mass is 230 g/mol. The highest BCUT2D eigenvalue weighted by molar-refractivity contribution is 4.77. The van der Waals surface area contributed by atoms with E-state index in [1.54, 1.807) is 0 Å². The van der Waals surface area contributed by atoms with Crippen molar-refractivity contribution in [2.75, 3.05) is 39.9 Å². The highest BCUT2D eigenvalue weighted by atomic mass is 19.1. The summed E-state index contributed by atoms with van der Waals surface area (Å²) in [4.78, 5) is 5.00. The number of rotatable bonds is 7. The molecule has 0 amide bonds. The van der Waals surface area contributed by atoms with E-state index in [1.807, 2.05) is 0 Å². The fraction of sp³-hybridized carbons (Fsp3) is 1.00. The lowest BCUT2D eigenvalue weighted by Crippen LogP contribution is -2.43. The maximum Gasteiger partial charge on any atom is 0.0894 e. The lowest BCUT2D eigenvalue weighted by Gasteiger charge is -2.36. The summed E-state index contributed by atoms with van der Waals surface area (Å²) in [5, 5.41) is 0. The molecule has 1 aliphatic rings. The maximum atomic E-state index is 11.9. The fourth-order valence-electron chi connectivity index (χ4n) is 2.49. The second-order valence-corrected chi connectivity index (χ2v) is 4.90. The van der Waals surface area contributed by atoms with Gasteiger partial charge in [-0.1, -0.05) is 6.92 Å². The molecule has 0 radical (unpaired) electrons. The van der Waals surface area contributed by atoms with Gasteiger partial charge in [0.05, 0.1) is 6.67 Å². The van der Waals surface area contributed by atoms with Crippen LogP contribution in [0.25, 0.3) is 0 Å². The first-order valence-corrected chi connectivity index (χ1v) is 6.76. The van der Waals surface area contributed by atoms with E-state index in [0.29, 0.717) is 0 Å². The molecule has 0 aromatic carbocycles. The van der Waals surface area contributed by atoms with Crippen molar-refractivity contribution in [2.24, 2.45) is 0 Å². The summed E-state index contributed by atoms with van der Waals surface area (Å²) in [5.41, 5.74) is 0. The molecule has 3 heteroatoms. The Morgan fingerprint density at radius 2 is 1.88 bits per heavy atom. The molecule has 1 rings (SSSR count). The van der Waals surface area contributed by atoms with Gasteiger partial charge in [-0.2, -0.15) is 0 Å². The van der Waals surface area contributed by atoms with Crippen LogP contribution in [-0.4, -0.2) is 55.7 Å². The standard InChI is InChI=1S/C13H27FN2/c1-3-16-11-7-13(8-12-16)15(2)10-6-4-5-9-14/h13H,3-12H2,1-2H3. The second-order valence-electron chi connectivity index (χ2n) is 4.90. The lowest BCUT2D eigenvalue weighted by molar-refractivity contribution is 0.130. The minimum atomic E-state index is -0.154. The molecular formula is C13H27FN2. The van der Waals surface area contributed by atoms with Crippen molar-refractivity contribution in [3.05, 3.63) is 0 Å². The summed E-state index contributed by atoms with van der Waals surface area (Å²) < 4.78 is 11.9. The van der Waals surface area contributed by atoms with Crippen LogP contribution < -0.4 is 0 Å². The van der Waals surface area contributed by atoms with Gasteiger partial charge in [-0.05, 0) is 65.3 Å². The van der Waals surface area contributed by atoms with Gasteiger partial charge in [-0.15, -0.1) is 0 Å². The van der Waals surface area contributed by atoms with Gasteiger partial charge >= 0.3 is 0 Å². The smallest absolute Gasteiger partial charge is 0.0894 e. The van der Waals surface area contributed by atoms with Crippen LogP contribution >= 0.6 is 0 Å². The molecule has 96 valence electrons. The van der Waals surface area contributed by atoms with Gasteiger partial charge in [0.1, 0.15) is 0 Å². The zero-order valence-electron chi connectivity index (χ0n) is 10.9. The summed E-state index contributed by atoms with van der Waals surface area (Å²) in [5.74, 6) is 0. The second kappa shape index (κ2) is 8.02. The highest BCUT2D eigenvalue weighted by Gasteiger charge is 2.20. The van der Waals surface area contributed by atoms with Crippen molar-refractivity contribution in [1.82, 2.24) is 9.80 Å². The number of halogens is 1. The number of hydrogen-bond donors (Lipinski definition) is 0. The largest absolute Gasteiger partial charge is 0.303 e. The molecule has 1 fully saturated rings. The molecule has 0 bridgehead atoms. The quantitative estimate of drug-likeness (QED) is 0.620. The van der Waals surface area contributed by atoms with E-state index >= 15 is 0 Å². The Morgan fingerprint density at radius 1 is 1.19 bits per heavy atom. The Bertz CT molecular complexity index is 167. The van der Waals surface area contributed by atoms with Crippen LogP contribution in [0.15, 0.2) is 0 Å². The van der Waals surface area contributed by atoms with Crippen LogP contribution in [-0.2, 0) is 0 Å². The molecule has 16 heavy (non-hydrogen) atoms. The van der Waals surface area contributed by atoms with E-state index in [4.69, 9.17) is 0 Å². The number of unbranched alkanes of at least 4 members (excludes halogenated alkanes) is 2. The fourth-order valence-corrected chi connectivity index (χ4v) is 2.49. The summed E-state index contributed by atoms with van der Waals surface area (Å²) in [6.07, 6.45) is 5.52. The third kappa shape index (κ3) is 4.79. The molecule has 0 aromatic heterocycles. The van der Waals surface area contributed by atoms with E-state index < -0.39 is 0 Å². The predicted molar refractivity (Wildman–Crippen MR) is 67.6 cm³/mol. The van der Waals surface area contributed by atoms with Gasteiger partial charge in [-0.25, -0.2) is 0 Å². The topological polar surface area (TPSA) is 6.48 Å². The number of likely N-dealkylation sites (tertiary alicyclic amines) is 1. The molecule has 0 N–H and O–H groups in total. The minimum Gasteiger partial charge on any atom is -0.303 e. The zero-order chi connectivity index (χ0) is 11.8. The van der Waals surface area contributed by atoms with Crippen molar-refractivity contribution >= 4 is 0 Å². The SMILES string of the molecule is CCN1CCC(N(C)CCCCCF)CC1. The molecule has 0 atom stereocenters. The third-order valence-corrected chi connectivity index (χ3v) is 3.77. The van der Waals surface area contributed by atoms with Crippen molar-refractivity contribution in [3.63, 3.8) is 0 Å². The number of hydrogen-bond acceptors (Lipinski definition) is 2. The van der Waals surface area contributed by atoms with Crippen LogP contribution in [0.3, 0.4) is 0 Å². The molecule has 0 aromatic rings. The molecular weight excluding hydrogens is 203 g/mol. The molecule has 0 aliphatic carbocycles. The molecule has 1 saturated heterocycles. The molecule has 1 aliphatic heterocycles. The van der Waals surface area contributed by atoms with Gasteiger partial charge < -0.3 is 9.80 Å². The van der Waals surface area contributed by atoms with E-state index in [9.17, 15) is 4.39 Å². The maximum absolute atomic E-state index is 11.9. The first-order valence-electron chi connectivity index (χ1n) is 6.76. The zero-order valence-corrected chi connectivity index (χ0v) is 10.9. The van der Waals surface area contributed by atoms with Crippen LogP contribution in [0, 0.1) is 0 Å². The van der Waals surface area contributed by atoms with Gasteiger partial charge in [0, 0.05) is 6.04 Å². The first-order chi connectivity index (χ1) is 7.77. The lowest BCUT2D eigenvalue weighted by atomic mass is 10.0. The molecule has 2 nitrogen and oxygen atoms in total. The molecule has 0 spiro atoms. The summed E-state index contributed by atoms with van der Waals surface area (Å²) in [6.45, 7) is 6.90. The minimum absolute atomic E-state index is 0.154. The molecule has 0 saturated carbocycles. The van der Waals surface area contributed by atoms with Crippen LogP contribution in [0.1, 0.15) is 39.0 Å². The highest BCUT2D eigenvalue weighted by Crippen LogP contribution is 2.15.